The van der Waals surface area contributed by atoms with E-state index in [9.17, 15) is 26.4 Å². The largest absolute Gasteiger partial charge is 0.518 e. The number of amides is 1. The quantitative estimate of drug-likeness (QED) is 0.419. The van der Waals surface area contributed by atoms with E-state index >= 15 is 0 Å². The summed E-state index contributed by atoms with van der Waals surface area (Å²) in [5.41, 5.74) is -5.91. The van der Waals surface area contributed by atoms with E-state index in [1.807, 2.05) is 6.92 Å². The molecule has 1 heterocycles. The van der Waals surface area contributed by atoms with Crippen molar-refractivity contribution in [3.63, 3.8) is 0 Å². The number of rotatable bonds is 6. The third-order valence-electron chi connectivity index (χ3n) is 3.00. The van der Waals surface area contributed by atoms with Crippen molar-refractivity contribution in [1.82, 2.24) is 4.41 Å². The highest BCUT2D eigenvalue weighted by Crippen LogP contribution is 2.31. The predicted molar refractivity (Wildman–Crippen MR) is 60.4 cm³/mol. The molecule has 0 aromatic heterocycles. The fourth-order valence-electron chi connectivity index (χ4n) is 1.44. The first kappa shape index (κ1) is 17.1. The van der Waals surface area contributed by atoms with Crippen LogP contribution in [-0.2, 0) is 24.3 Å². The van der Waals surface area contributed by atoms with E-state index in [4.69, 9.17) is 9.47 Å². The second-order valence-corrected chi connectivity index (χ2v) is 6.29. The lowest BCUT2D eigenvalue weighted by atomic mass is 9.84. The Bertz CT molecular complexity index is 455. The van der Waals surface area contributed by atoms with E-state index in [2.05, 4.69) is 5.84 Å². The molecule has 0 unspecified atom stereocenters. The third kappa shape index (κ3) is 3.40. The van der Waals surface area contributed by atoms with Crippen LogP contribution in [0.4, 0.5) is 13.2 Å². The second kappa shape index (κ2) is 5.84. The minimum absolute atomic E-state index is 0.0785. The average Bonchev–Trinajstić information content (AvgIpc) is 2.29. The van der Waals surface area contributed by atoms with Gasteiger partial charge < -0.3 is 9.47 Å². The SMILES string of the molecule is CCC1(COCC(=O)N(N)S(=O)(=O)C(F)(F)F)COC1. The number of hydrazine groups is 1. The second-order valence-electron chi connectivity index (χ2n) is 4.48. The van der Waals surface area contributed by atoms with Crippen LogP contribution in [0.3, 0.4) is 0 Å². The fraction of sp³-hybridized carbons (Fsp3) is 0.889. The Morgan fingerprint density at radius 2 is 2.00 bits per heavy atom. The number of nitrogens with two attached hydrogens (primary N) is 1. The summed E-state index contributed by atoms with van der Waals surface area (Å²) in [5.74, 6) is 3.19. The number of halogens is 3. The molecule has 1 aliphatic heterocycles. The van der Waals surface area contributed by atoms with E-state index in [1.54, 1.807) is 0 Å². The lowest BCUT2D eigenvalue weighted by Crippen LogP contribution is -2.51. The van der Waals surface area contributed by atoms with E-state index in [-0.39, 0.29) is 12.0 Å². The first-order chi connectivity index (χ1) is 9.06. The minimum Gasteiger partial charge on any atom is -0.380 e. The highest BCUT2D eigenvalue weighted by atomic mass is 32.2. The van der Waals surface area contributed by atoms with Gasteiger partial charge in [-0.15, -0.1) is 0 Å². The summed E-state index contributed by atoms with van der Waals surface area (Å²) in [7, 11) is -5.88. The van der Waals surface area contributed by atoms with Crippen molar-refractivity contribution in [3.05, 3.63) is 0 Å². The molecule has 1 saturated heterocycles. The Hall–Kier alpha value is -0.910. The number of ether oxygens (including phenoxy) is 2. The van der Waals surface area contributed by atoms with Crippen molar-refractivity contribution in [3.8, 4) is 0 Å². The van der Waals surface area contributed by atoms with E-state index in [1.165, 1.54) is 0 Å². The molecule has 1 aliphatic rings. The maximum atomic E-state index is 12.2. The predicted octanol–water partition coefficient (Wildman–Crippen LogP) is -0.0185. The molecule has 1 fully saturated rings. The average molecular weight is 320 g/mol. The molecule has 7 nitrogen and oxygen atoms in total. The van der Waals surface area contributed by atoms with Gasteiger partial charge in [0.05, 0.1) is 19.8 Å². The zero-order valence-corrected chi connectivity index (χ0v) is 11.5. The Kier molecular flexibility index (Phi) is 5.00. The molecule has 118 valence electrons. The van der Waals surface area contributed by atoms with Gasteiger partial charge in [0.15, 0.2) is 0 Å². The first-order valence-corrected chi connectivity index (χ1v) is 7.04. The summed E-state index contributed by atoms with van der Waals surface area (Å²) < 4.78 is 67.3. The number of hydrogen-bond acceptors (Lipinski definition) is 6. The molecule has 11 heteroatoms. The standard InChI is InChI=1S/C9H15F3N2O5S/c1-2-8(5-19-6-8)4-18-3-7(15)14(13)20(16,17)9(10,11)12/h2-6,13H2,1H3. The van der Waals surface area contributed by atoms with Crippen LogP contribution in [0, 0.1) is 5.41 Å². The molecular weight excluding hydrogens is 305 g/mol. The highest BCUT2D eigenvalue weighted by molar-refractivity contribution is 7.90. The number of carbonyl (C=O) groups is 1. The van der Waals surface area contributed by atoms with Gasteiger partial charge >= 0.3 is 15.5 Å². The summed E-state index contributed by atoms with van der Waals surface area (Å²) in [6, 6.07) is 0. The summed E-state index contributed by atoms with van der Waals surface area (Å²) in [6.07, 6.45) is 0.703. The lowest BCUT2D eigenvalue weighted by molar-refractivity contribution is -0.157. The van der Waals surface area contributed by atoms with E-state index in [0.717, 1.165) is 0 Å². The van der Waals surface area contributed by atoms with Crippen LogP contribution < -0.4 is 5.84 Å². The van der Waals surface area contributed by atoms with Crippen LogP contribution in [0.25, 0.3) is 0 Å². The van der Waals surface area contributed by atoms with Crippen molar-refractivity contribution in [2.45, 2.75) is 18.9 Å². The number of sulfonamides is 1. The molecule has 0 saturated carbocycles. The number of nitrogens with zero attached hydrogens (tertiary/aromatic N) is 1. The zero-order chi connectivity index (χ0) is 15.6. The Morgan fingerprint density at radius 1 is 1.45 bits per heavy atom. The van der Waals surface area contributed by atoms with Crippen LogP contribution in [-0.4, -0.2) is 50.7 Å². The van der Waals surface area contributed by atoms with Gasteiger partial charge in [0.1, 0.15) is 6.61 Å². The lowest BCUT2D eigenvalue weighted by Gasteiger charge is -2.40. The Balaban J connectivity index is 2.51. The molecule has 0 aromatic rings. The number of hydrogen-bond donors (Lipinski definition) is 1. The zero-order valence-electron chi connectivity index (χ0n) is 10.6. The monoisotopic (exact) mass is 320 g/mol. The van der Waals surface area contributed by atoms with Crippen LogP contribution in [0.1, 0.15) is 13.3 Å². The van der Waals surface area contributed by atoms with Gasteiger partial charge in [0, 0.05) is 5.41 Å². The molecule has 0 atom stereocenters. The Labute approximate surface area is 113 Å². The van der Waals surface area contributed by atoms with Gasteiger partial charge in [-0.05, 0) is 6.42 Å². The molecule has 2 N–H and O–H groups in total. The number of carbonyl (C=O) groups excluding carboxylic acids is 1. The summed E-state index contributed by atoms with van der Waals surface area (Å²) in [5, 5.41) is 0. The third-order valence-corrected chi connectivity index (χ3v) is 4.30. The molecule has 1 rings (SSSR count). The van der Waals surface area contributed by atoms with Crippen LogP contribution in [0.5, 0.6) is 0 Å². The minimum atomic E-state index is -5.88. The van der Waals surface area contributed by atoms with Crippen LogP contribution >= 0.6 is 0 Å². The maximum Gasteiger partial charge on any atom is 0.518 e. The molecule has 20 heavy (non-hydrogen) atoms. The number of alkyl halides is 3. The van der Waals surface area contributed by atoms with Gasteiger partial charge in [-0.2, -0.15) is 26.0 Å². The summed E-state index contributed by atoms with van der Waals surface area (Å²) in [4.78, 5) is 11.3. The van der Waals surface area contributed by atoms with Gasteiger partial charge in [0.2, 0.25) is 0 Å². The van der Waals surface area contributed by atoms with Crippen molar-refractivity contribution in [2.75, 3.05) is 26.4 Å². The molecule has 0 spiro atoms. The first-order valence-electron chi connectivity index (χ1n) is 5.60. The highest BCUT2D eigenvalue weighted by Gasteiger charge is 2.51. The summed E-state index contributed by atoms with van der Waals surface area (Å²) >= 11 is 0. The molecule has 0 bridgehead atoms. The smallest absolute Gasteiger partial charge is 0.380 e. The van der Waals surface area contributed by atoms with Gasteiger partial charge in [0.25, 0.3) is 5.91 Å². The normalized spacial score (nSPS) is 18.4. The molecule has 0 aromatic carbocycles. The fourth-order valence-corrected chi connectivity index (χ4v) is 1.99. The molecule has 0 aliphatic carbocycles. The van der Waals surface area contributed by atoms with Gasteiger partial charge in [-0.1, -0.05) is 6.92 Å². The topological polar surface area (TPSA) is 98.9 Å². The van der Waals surface area contributed by atoms with Crippen molar-refractivity contribution < 1.29 is 35.9 Å². The molecule has 1 amide bonds. The molecular formula is C9H15F3N2O5S. The van der Waals surface area contributed by atoms with E-state index in [0.29, 0.717) is 19.6 Å². The van der Waals surface area contributed by atoms with Crippen molar-refractivity contribution >= 4 is 15.9 Å². The van der Waals surface area contributed by atoms with Gasteiger partial charge in [-0.3, -0.25) is 4.79 Å². The Morgan fingerprint density at radius 3 is 2.35 bits per heavy atom. The van der Waals surface area contributed by atoms with Gasteiger partial charge in [-0.25, -0.2) is 5.84 Å². The van der Waals surface area contributed by atoms with E-state index < -0.39 is 32.5 Å². The van der Waals surface area contributed by atoms with Crippen LogP contribution in [0.15, 0.2) is 0 Å². The summed E-state index contributed by atoms with van der Waals surface area (Å²) in [6.45, 7) is 1.94. The maximum absolute atomic E-state index is 12.2. The van der Waals surface area contributed by atoms with Crippen molar-refractivity contribution in [2.24, 2.45) is 11.3 Å². The van der Waals surface area contributed by atoms with Crippen LogP contribution in [0.2, 0.25) is 0 Å². The molecule has 0 radical (unpaired) electrons. The van der Waals surface area contributed by atoms with Crippen molar-refractivity contribution in [1.29, 1.82) is 0 Å².